The van der Waals surface area contributed by atoms with Crippen LogP contribution in [0.15, 0.2) is 16.8 Å². The van der Waals surface area contributed by atoms with Crippen LogP contribution in [0.3, 0.4) is 0 Å². The van der Waals surface area contributed by atoms with Crippen LogP contribution >= 0.6 is 11.3 Å². The molecule has 2 unspecified atom stereocenters. The Morgan fingerprint density at radius 3 is 2.76 bits per heavy atom. The van der Waals surface area contributed by atoms with Crippen molar-refractivity contribution in [2.75, 3.05) is 20.6 Å². The Bertz CT molecular complexity index is 494. The van der Waals surface area contributed by atoms with Crippen molar-refractivity contribution >= 4 is 17.2 Å². The van der Waals surface area contributed by atoms with Crippen molar-refractivity contribution in [3.8, 4) is 0 Å². The van der Waals surface area contributed by atoms with E-state index in [1.165, 1.54) is 5.56 Å². The van der Waals surface area contributed by atoms with Gasteiger partial charge in [-0.05, 0) is 56.3 Å². The fourth-order valence-electron chi connectivity index (χ4n) is 3.84. The van der Waals surface area contributed by atoms with E-state index >= 15 is 0 Å². The lowest BCUT2D eigenvalue weighted by molar-refractivity contribution is -0.135. The maximum absolute atomic E-state index is 13.1. The highest BCUT2D eigenvalue weighted by Gasteiger charge is 2.53. The van der Waals surface area contributed by atoms with Crippen molar-refractivity contribution in [2.24, 2.45) is 0 Å². The Labute approximate surface area is 131 Å². The summed E-state index contributed by atoms with van der Waals surface area (Å²) in [6.45, 7) is 3.05. The fraction of sp³-hybridized carbons (Fsp3) is 0.688. The van der Waals surface area contributed by atoms with E-state index in [4.69, 9.17) is 0 Å². The number of thiophene rings is 1. The standard InChI is InChI=1S/C16H25N3OS/c1-12(10-18(2)3)19-14(13-6-9-21-11-13)17-16(15(19)20)7-4-5-8-16/h6,9,11-12,14,17H,4-5,7-8,10H2,1-3H3. The number of nitrogens with one attached hydrogen (secondary N) is 1. The lowest BCUT2D eigenvalue weighted by Crippen LogP contribution is -2.47. The smallest absolute Gasteiger partial charge is 0.244 e. The number of rotatable bonds is 4. The van der Waals surface area contributed by atoms with Gasteiger partial charge in [-0.2, -0.15) is 11.3 Å². The van der Waals surface area contributed by atoms with Gasteiger partial charge in [0.1, 0.15) is 6.17 Å². The molecule has 0 aromatic carbocycles. The minimum Gasteiger partial charge on any atom is -0.317 e. The van der Waals surface area contributed by atoms with Gasteiger partial charge in [-0.3, -0.25) is 10.1 Å². The molecule has 1 aromatic heterocycles. The third-order valence-corrected chi connectivity index (χ3v) is 5.46. The second kappa shape index (κ2) is 5.71. The molecular formula is C16H25N3OS. The predicted molar refractivity (Wildman–Crippen MR) is 86.3 cm³/mol. The number of hydrogen-bond donors (Lipinski definition) is 1. The molecule has 4 nitrogen and oxygen atoms in total. The molecule has 116 valence electrons. The molecule has 1 aromatic rings. The highest BCUT2D eigenvalue weighted by molar-refractivity contribution is 7.07. The number of amides is 1. The van der Waals surface area contributed by atoms with Crippen molar-refractivity contribution < 1.29 is 4.79 Å². The first-order valence-electron chi connectivity index (χ1n) is 7.81. The molecule has 1 spiro atoms. The first-order valence-corrected chi connectivity index (χ1v) is 8.75. The van der Waals surface area contributed by atoms with Gasteiger partial charge in [0.25, 0.3) is 0 Å². The van der Waals surface area contributed by atoms with Gasteiger partial charge in [0, 0.05) is 12.6 Å². The lowest BCUT2D eigenvalue weighted by Gasteiger charge is -2.32. The number of carbonyl (C=O) groups is 1. The molecule has 1 amide bonds. The Hall–Kier alpha value is -0.910. The zero-order valence-electron chi connectivity index (χ0n) is 13.1. The van der Waals surface area contributed by atoms with Crippen LogP contribution in [0.1, 0.15) is 44.3 Å². The summed E-state index contributed by atoms with van der Waals surface area (Å²) in [7, 11) is 4.13. The average molecular weight is 307 g/mol. The van der Waals surface area contributed by atoms with Crippen LogP contribution in [-0.2, 0) is 4.79 Å². The Balaban J connectivity index is 1.90. The maximum Gasteiger partial charge on any atom is 0.244 e. The normalized spacial score (nSPS) is 26.2. The van der Waals surface area contributed by atoms with E-state index in [9.17, 15) is 4.79 Å². The van der Waals surface area contributed by atoms with Gasteiger partial charge >= 0.3 is 0 Å². The quantitative estimate of drug-likeness (QED) is 0.928. The monoisotopic (exact) mass is 307 g/mol. The molecule has 1 saturated heterocycles. The summed E-state index contributed by atoms with van der Waals surface area (Å²) in [6, 6.07) is 2.35. The first-order chi connectivity index (χ1) is 10.0. The van der Waals surface area contributed by atoms with Gasteiger partial charge in [-0.25, -0.2) is 0 Å². The number of hydrogen-bond acceptors (Lipinski definition) is 4. The lowest BCUT2D eigenvalue weighted by atomic mass is 9.97. The Morgan fingerprint density at radius 1 is 1.48 bits per heavy atom. The molecule has 1 aliphatic heterocycles. The highest BCUT2D eigenvalue weighted by atomic mass is 32.1. The van der Waals surface area contributed by atoms with Crippen LogP contribution < -0.4 is 5.32 Å². The van der Waals surface area contributed by atoms with Crippen LogP contribution in [0.25, 0.3) is 0 Å². The summed E-state index contributed by atoms with van der Waals surface area (Å²) in [5.74, 6) is 0.311. The van der Waals surface area contributed by atoms with Gasteiger partial charge < -0.3 is 9.80 Å². The Kier molecular flexibility index (Phi) is 4.08. The van der Waals surface area contributed by atoms with Crippen LogP contribution in [0.2, 0.25) is 0 Å². The van der Waals surface area contributed by atoms with Gasteiger partial charge in [-0.1, -0.05) is 12.8 Å². The minimum atomic E-state index is -0.298. The third-order valence-electron chi connectivity index (χ3n) is 4.76. The molecule has 1 aliphatic carbocycles. The number of carbonyl (C=O) groups excluding carboxylic acids is 1. The van der Waals surface area contributed by atoms with Crippen LogP contribution in [0.5, 0.6) is 0 Å². The van der Waals surface area contributed by atoms with E-state index in [-0.39, 0.29) is 17.7 Å². The second-order valence-electron chi connectivity index (χ2n) is 6.72. The summed E-state index contributed by atoms with van der Waals surface area (Å²) in [6.07, 6.45) is 4.32. The topological polar surface area (TPSA) is 35.6 Å². The zero-order valence-corrected chi connectivity index (χ0v) is 13.9. The van der Waals surface area contributed by atoms with E-state index in [1.807, 2.05) is 0 Å². The first kappa shape index (κ1) is 15.0. The predicted octanol–water partition coefficient (Wildman–Crippen LogP) is 2.44. The molecule has 2 heterocycles. The van der Waals surface area contributed by atoms with Crippen molar-refractivity contribution in [2.45, 2.75) is 50.4 Å². The largest absolute Gasteiger partial charge is 0.317 e. The maximum atomic E-state index is 13.1. The SMILES string of the molecule is CC(CN(C)C)N1C(=O)C2(CCCC2)NC1c1ccsc1. The second-order valence-corrected chi connectivity index (χ2v) is 7.50. The van der Waals surface area contributed by atoms with Crippen molar-refractivity contribution in [1.29, 1.82) is 0 Å². The van der Waals surface area contributed by atoms with E-state index in [1.54, 1.807) is 11.3 Å². The van der Waals surface area contributed by atoms with Crippen molar-refractivity contribution in [3.63, 3.8) is 0 Å². The molecule has 5 heteroatoms. The van der Waals surface area contributed by atoms with Crippen molar-refractivity contribution in [3.05, 3.63) is 22.4 Å². The van der Waals surface area contributed by atoms with Crippen molar-refractivity contribution in [1.82, 2.24) is 15.1 Å². The summed E-state index contributed by atoms with van der Waals surface area (Å²) in [4.78, 5) is 17.4. The van der Waals surface area contributed by atoms with Gasteiger partial charge in [0.2, 0.25) is 5.91 Å². The molecule has 0 radical (unpaired) electrons. The van der Waals surface area contributed by atoms with Gasteiger partial charge in [0.15, 0.2) is 0 Å². The molecule has 1 N–H and O–H groups in total. The summed E-state index contributed by atoms with van der Waals surface area (Å²) < 4.78 is 0. The summed E-state index contributed by atoms with van der Waals surface area (Å²) in [5.41, 5.74) is 0.926. The van der Waals surface area contributed by atoms with Crippen LogP contribution in [0, 0.1) is 0 Å². The number of nitrogens with zero attached hydrogens (tertiary/aromatic N) is 2. The highest BCUT2D eigenvalue weighted by Crippen LogP contribution is 2.42. The molecule has 21 heavy (non-hydrogen) atoms. The van der Waals surface area contributed by atoms with E-state index < -0.39 is 0 Å². The molecular weight excluding hydrogens is 282 g/mol. The molecule has 2 fully saturated rings. The van der Waals surface area contributed by atoms with Gasteiger partial charge in [-0.15, -0.1) is 0 Å². The summed E-state index contributed by atoms with van der Waals surface area (Å²) >= 11 is 1.70. The third kappa shape index (κ3) is 2.62. The van der Waals surface area contributed by atoms with Crippen LogP contribution in [0.4, 0.5) is 0 Å². The van der Waals surface area contributed by atoms with Crippen LogP contribution in [-0.4, -0.2) is 47.9 Å². The van der Waals surface area contributed by atoms with E-state index in [0.29, 0.717) is 5.91 Å². The average Bonchev–Trinajstić information content (AvgIpc) is 3.13. The number of likely N-dealkylation sites (N-methyl/N-ethyl adjacent to an activating group) is 1. The Morgan fingerprint density at radius 2 is 2.19 bits per heavy atom. The minimum absolute atomic E-state index is 0.0387. The molecule has 2 aliphatic rings. The van der Waals surface area contributed by atoms with E-state index in [2.05, 4.69) is 53.0 Å². The molecule has 2 atom stereocenters. The molecule has 0 bridgehead atoms. The fourth-order valence-corrected chi connectivity index (χ4v) is 4.52. The molecule has 1 saturated carbocycles. The van der Waals surface area contributed by atoms with E-state index in [0.717, 1.165) is 32.2 Å². The van der Waals surface area contributed by atoms with Gasteiger partial charge in [0.05, 0.1) is 5.54 Å². The molecule has 3 rings (SSSR count). The summed E-state index contributed by atoms with van der Waals surface area (Å²) in [5, 5.41) is 7.94. The zero-order chi connectivity index (χ0) is 15.0.